The molecule has 0 saturated carbocycles. The number of nitrogens with zero attached hydrogens (tertiary/aromatic N) is 2. The zero-order valence-corrected chi connectivity index (χ0v) is 13.7. The lowest BCUT2D eigenvalue weighted by Crippen LogP contribution is -2.10. The third-order valence-corrected chi connectivity index (χ3v) is 5.11. The minimum Gasteiger partial charge on any atom is -0.305 e. The molecule has 86 valence electrons. The molecule has 0 aliphatic heterocycles. The Morgan fingerprint density at radius 2 is 1.94 bits per heavy atom. The van der Waals surface area contributed by atoms with Gasteiger partial charge in [0.15, 0.2) is 0 Å². The van der Waals surface area contributed by atoms with E-state index in [0.29, 0.717) is 0 Å². The fourth-order valence-electron chi connectivity index (χ4n) is 1.76. The van der Waals surface area contributed by atoms with E-state index in [4.69, 9.17) is 0 Å². The van der Waals surface area contributed by atoms with E-state index >= 15 is 0 Å². The third kappa shape index (κ3) is 2.10. The van der Waals surface area contributed by atoms with E-state index in [-0.39, 0.29) is 0 Å². The van der Waals surface area contributed by atoms with Gasteiger partial charge in [-0.25, -0.2) is 0 Å². The van der Waals surface area contributed by atoms with E-state index in [2.05, 4.69) is 79.1 Å². The molecule has 0 N–H and O–H groups in total. The van der Waals surface area contributed by atoms with Gasteiger partial charge in [-0.15, -0.1) is 0 Å². The van der Waals surface area contributed by atoms with Gasteiger partial charge in [0.2, 0.25) is 0 Å². The summed E-state index contributed by atoms with van der Waals surface area (Å²) in [6.07, 6.45) is 0. The fourth-order valence-corrected chi connectivity index (χ4v) is 3.38. The molecule has 1 aromatic carbocycles. The molecule has 0 atom stereocenters. The molecule has 16 heavy (non-hydrogen) atoms. The first-order chi connectivity index (χ1) is 7.52. The maximum atomic E-state index is 3.62. The number of aromatic nitrogens is 1. The van der Waals surface area contributed by atoms with Gasteiger partial charge in [0, 0.05) is 22.0 Å². The summed E-state index contributed by atoms with van der Waals surface area (Å²) in [6, 6.07) is 6.20. The smallest absolute Gasteiger partial charge is 0.101 e. The highest BCUT2D eigenvalue weighted by atomic mass is 79.9. The van der Waals surface area contributed by atoms with E-state index in [0.717, 1.165) is 21.1 Å². The average molecular weight is 411 g/mol. The molecule has 1 heterocycles. The summed E-state index contributed by atoms with van der Waals surface area (Å²) >= 11 is 10.8. The number of rotatable bonds is 2. The van der Waals surface area contributed by atoms with Crippen LogP contribution in [0.15, 0.2) is 27.3 Å². The van der Waals surface area contributed by atoms with Crippen LogP contribution in [0.25, 0.3) is 10.9 Å². The molecular weight excluding hydrogens is 400 g/mol. The Hall–Kier alpha value is 0.160. The average Bonchev–Trinajstić information content (AvgIpc) is 2.45. The maximum absolute atomic E-state index is 3.62. The number of hydrogen-bond acceptors (Lipinski definition) is 1. The molecule has 0 aliphatic rings. The molecule has 0 saturated heterocycles. The van der Waals surface area contributed by atoms with Crippen molar-refractivity contribution in [3.05, 3.63) is 32.8 Å². The first-order valence-corrected chi connectivity index (χ1v) is 7.10. The van der Waals surface area contributed by atoms with Crippen LogP contribution in [-0.2, 0) is 6.54 Å². The first-order valence-electron chi connectivity index (χ1n) is 4.80. The molecule has 0 unspecified atom stereocenters. The van der Waals surface area contributed by atoms with Crippen LogP contribution in [-0.4, -0.2) is 22.6 Å². The number of halogens is 3. The molecule has 1 aromatic heterocycles. The van der Waals surface area contributed by atoms with Crippen molar-refractivity contribution in [1.82, 2.24) is 8.49 Å². The summed E-state index contributed by atoms with van der Waals surface area (Å²) in [6.45, 7) is 0.901. The van der Waals surface area contributed by atoms with E-state index in [1.54, 1.807) is 0 Å². The van der Waals surface area contributed by atoms with E-state index in [9.17, 15) is 0 Å². The Labute approximate surface area is 120 Å². The zero-order valence-electron chi connectivity index (χ0n) is 8.97. The minimum absolute atomic E-state index is 0.901. The van der Waals surface area contributed by atoms with Gasteiger partial charge in [-0.3, -0.25) is 3.59 Å². The second-order valence-electron chi connectivity index (χ2n) is 3.92. The molecule has 5 heteroatoms. The molecule has 2 nitrogen and oxygen atoms in total. The molecule has 0 aliphatic carbocycles. The van der Waals surface area contributed by atoms with Crippen molar-refractivity contribution in [2.75, 3.05) is 14.1 Å². The van der Waals surface area contributed by atoms with Crippen LogP contribution in [0.1, 0.15) is 5.56 Å². The Bertz CT molecular complexity index is 531. The minimum atomic E-state index is 0.901. The first kappa shape index (κ1) is 12.6. The Kier molecular flexibility index (Phi) is 3.79. The van der Waals surface area contributed by atoms with Gasteiger partial charge in [-0.05, 0) is 42.2 Å². The predicted octanol–water partition coefficient (Wildman–Crippen LogP) is 4.39. The van der Waals surface area contributed by atoms with E-state index < -0.39 is 0 Å². The maximum Gasteiger partial charge on any atom is 0.101 e. The molecule has 2 aromatic rings. The Balaban J connectivity index is 2.76. The lowest BCUT2D eigenvalue weighted by Gasteiger charge is -2.09. The normalized spacial score (nSPS) is 11.6. The second kappa shape index (κ2) is 4.80. The van der Waals surface area contributed by atoms with Crippen LogP contribution in [0.2, 0.25) is 0 Å². The highest BCUT2D eigenvalue weighted by Gasteiger charge is 2.16. The summed E-state index contributed by atoms with van der Waals surface area (Å²) in [4.78, 5) is 2.16. The summed E-state index contributed by atoms with van der Waals surface area (Å²) < 4.78 is 4.19. The van der Waals surface area contributed by atoms with Crippen LogP contribution in [0.5, 0.6) is 0 Å². The van der Waals surface area contributed by atoms with Crippen molar-refractivity contribution in [1.29, 1.82) is 0 Å². The summed E-state index contributed by atoms with van der Waals surface area (Å²) in [7, 11) is 4.14. The Morgan fingerprint density at radius 1 is 1.25 bits per heavy atom. The molecule has 0 radical (unpaired) electrons. The van der Waals surface area contributed by atoms with Crippen LogP contribution in [0, 0.1) is 0 Å². The zero-order chi connectivity index (χ0) is 11.9. The highest BCUT2D eigenvalue weighted by Crippen LogP contribution is 2.36. The van der Waals surface area contributed by atoms with Gasteiger partial charge in [-0.2, -0.15) is 0 Å². The summed E-state index contributed by atoms with van der Waals surface area (Å²) in [5.41, 5.74) is 2.45. The van der Waals surface area contributed by atoms with Gasteiger partial charge < -0.3 is 4.90 Å². The summed E-state index contributed by atoms with van der Waals surface area (Å²) in [5, 5.41) is 1.25. The third-order valence-electron chi connectivity index (χ3n) is 2.40. The monoisotopic (exact) mass is 408 g/mol. The topological polar surface area (TPSA) is 8.17 Å². The van der Waals surface area contributed by atoms with Crippen molar-refractivity contribution in [3.63, 3.8) is 0 Å². The molecular formula is C11H11Br3N2. The largest absolute Gasteiger partial charge is 0.305 e. The summed E-state index contributed by atoms with van der Waals surface area (Å²) in [5.74, 6) is 0. The SMILES string of the molecule is CN(C)Cc1c(Br)n(Br)c2cccc(Br)c12. The second-order valence-corrected chi connectivity index (χ2v) is 6.24. The van der Waals surface area contributed by atoms with Crippen LogP contribution < -0.4 is 0 Å². The van der Waals surface area contributed by atoms with Gasteiger partial charge in [-0.1, -0.05) is 22.0 Å². The lowest BCUT2D eigenvalue weighted by molar-refractivity contribution is 0.403. The quantitative estimate of drug-likeness (QED) is 0.713. The molecule has 2 rings (SSSR count). The van der Waals surface area contributed by atoms with Gasteiger partial charge in [0.1, 0.15) is 4.60 Å². The molecule has 0 spiro atoms. The van der Waals surface area contributed by atoms with Crippen molar-refractivity contribution < 1.29 is 0 Å². The van der Waals surface area contributed by atoms with Crippen LogP contribution in [0.3, 0.4) is 0 Å². The standard InChI is InChI=1S/C11H11Br3N2/c1-15(2)6-7-10-8(12)4-3-5-9(10)16(14)11(7)13/h3-5H,6H2,1-2H3. The number of fused-ring (bicyclic) bond motifs is 1. The van der Waals surface area contributed by atoms with Gasteiger partial charge in [0.25, 0.3) is 0 Å². The number of hydrogen-bond donors (Lipinski definition) is 0. The van der Waals surface area contributed by atoms with Crippen LogP contribution in [0.4, 0.5) is 0 Å². The molecule has 0 fully saturated rings. The molecule has 0 bridgehead atoms. The fraction of sp³-hybridized carbons (Fsp3) is 0.273. The van der Waals surface area contributed by atoms with Gasteiger partial charge in [0.05, 0.1) is 21.7 Å². The van der Waals surface area contributed by atoms with Crippen molar-refractivity contribution in [3.8, 4) is 0 Å². The van der Waals surface area contributed by atoms with E-state index in [1.165, 1.54) is 10.9 Å². The lowest BCUT2D eigenvalue weighted by atomic mass is 10.2. The highest BCUT2D eigenvalue weighted by molar-refractivity contribution is 9.12. The van der Waals surface area contributed by atoms with Crippen molar-refractivity contribution in [2.45, 2.75) is 6.54 Å². The van der Waals surface area contributed by atoms with Crippen LogP contribution >= 0.6 is 48.0 Å². The Morgan fingerprint density at radius 3 is 2.56 bits per heavy atom. The number of benzene rings is 1. The predicted molar refractivity (Wildman–Crippen MR) is 79.1 cm³/mol. The van der Waals surface area contributed by atoms with Gasteiger partial charge >= 0.3 is 0 Å². The van der Waals surface area contributed by atoms with Crippen molar-refractivity contribution in [2.24, 2.45) is 0 Å². The molecule has 0 amide bonds. The van der Waals surface area contributed by atoms with Crippen molar-refractivity contribution >= 4 is 58.9 Å². The van der Waals surface area contributed by atoms with E-state index in [1.807, 2.05) is 9.66 Å².